The Balaban J connectivity index is 1.87. The molecule has 0 amide bonds. The molecule has 0 aromatic heterocycles. The van der Waals surface area contributed by atoms with Gasteiger partial charge in [-0.05, 0) is 12.8 Å². The lowest BCUT2D eigenvalue weighted by Crippen LogP contribution is -2.53. The molecule has 2 N–H and O–H groups in total. The van der Waals surface area contributed by atoms with Crippen LogP contribution in [-0.4, -0.2) is 76.1 Å². The minimum atomic E-state index is 0.212. The van der Waals surface area contributed by atoms with Gasteiger partial charge in [0, 0.05) is 37.6 Å². The molecule has 2 fully saturated rings. The van der Waals surface area contributed by atoms with Crippen molar-refractivity contribution in [2.45, 2.75) is 33.7 Å². The van der Waals surface area contributed by atoms with Gasteiger partial charge in [0.1, 0.15) is 0 Å². The van der Waals surface area contributed by atoms with Gasteiger partial charge in [0.15, 0.2) is 5.96 Å². The standard InChI is InChI=1S/C17H34N4O2/c1-5-18-16(20-11-17(4)12-23-13-17)19-10-15(14(2)3)21-6-8-22-9-7-21/h14-15H,5-13H2,1-4H3,(H2,18,19,20). The van der Waals surface area contributed by atoms with Gasteiger partial charge >= 0.3 is 0 Å². The van der Waals surface area contributed by atoms with Crippen molar-refractivity contribution in [1.29, 1.82) is 0 Å². The lowest BCUT2D eigenvalue weighted by Gasteiger charge is -2.38. The van der Waals surface area contributed by atoms with Gasteiger partial charge in [0.25, 0.3) is 0 Å². The van der Waals surface area contributed by atoms with Gasteiger partial charge in [0.05, 0.1) is 33.0 Å². The maximum absolute atomic E-state index is 5.48. The Morgan fingerprint density at radius 2 is 1.87 bits per heavy atom. The first-order valence-electron chi connectivity index (χ1n) is 8.96. The summed E-state index contributed by atoms with van der Waals surface area (Å²) in [6.07, 6.45) is 0. The predicted molar refractivity (Wildman–Crippen MR) is 93.9 cm³/mol. The topological polar surface area (TPSA) is 58.1 Å². The summed E-state index contributed by atoms with van der Waals surface area (Å²) >= 11 is 0. The zero-order chi connectivity index (χ0) is 16.7. The fraction of sp³-hybridized carbons (Fsp3) is 0.941. The molecule has 0 aliphatic carbocycles. The van der Waals surface area contributed by atoms with Crippen LogP contribution in [0.5, 0.6) is 0 Å². The molecule has 1 atom stereocenters. The number of hydrogen-bond acceptors (Lipinski definition) is 4. The molecule has 0 radical (unpaired) electrons. The molecule has 6 nitrogen and oxygen atoms in total. The van der Waals surface area contributed by atoms with Crippen molar-refractivity contribution < 1.29 is 9.47 Å². The summed E-state index contributed by atoms with van der Waals surface area (Å²) in [6.45, 7) is 16.9. The van der Waals surface area contributed by atoms with E-state index in [1.54, 1.807) is 0 Å². The van der Waals surface area contributed by atoms with E-state index < -0.39 is 0 Å². The fourth-order valence-electron chi connectivity index (χ4n) is 3.05. The van der Waals surface area contributed by atoms with E-state index in [9.17, 15) is 0 Å². The highest BCUT2D eigenvalue weighted by atomic mass is 16.5. The van der Waals surface area contributed by atoms with Crippen molar-refractivity contribution in [3.63, 3.8) is 0 Å². The SMILES string of the molecule is CCNC(=NCC1(C)COC1)NCC(C(C)C)N1CCOCC1. The van der Waals surface area contributed by atoms with Crippen molar-refractivity contribution in [2.24, 2.45) is 16.3 Å². The Morgan fingerprint density at radius 1 is 1.17 bits per heavy atom. The van der Waals surface area contributed by atoms with Gasteiger partial charge in [-0.3, -0.25) is 9.89 Å². The van der Waals surface area contributed by atoms with Crippen LogP contribution in [0.3, 0.4) is 0 Å². The molecular formula is C17H34N4O2. The Kier molecular flexibility index (Phi) is 7.11. The molecule has 0 bridgehead atoms. The second kappa shape index (κ2) is 8.85. The average Bonchev–Trinajstić information content (AvgIpc) is 2.51. The van der Waals surface area contributed by atoms with E-state index in [0.717, 1.165) is 65.1 Å². The number of nitrogens with zero attached hydrogens (tertiary/aromatic N) is 2. The summed E-state index contributed by atoms with van der Waals surface area (Å²) in [7, 11) is 0. The smallest absolute Gasteiger partial charge is 0.191 e. The highest BCUT2D eigenvalue weighted by molar-refractivity contribution is 5.79. The maximum atomic E-state index is 5.48. The number of ether oxygens (including phenoxy) is 2. The summed E-state index contributed by atoms with van der Waals surface area (Å²) in [4.78, 5) is 7.29. The second-order valence-electron chi connectivity index (χ2n) is 7.34. The summed E-state index contributed by atoms with van der Waals surface area (Å²) in [5.41, 5.74) is 0.212. The predicted octanol–water partition coefficient (Wildman–Crippen LogP) is 0.935. The third-order valence-electron chi connectivity index (χ3n) is 4.63. The molecular weight excluding hydrogens is 292 g/mol. The minimum Gasteiger partial charge on any atom is -0.380 e. The summed E-state index contributed by atoms with van der Waals surface area (Å²) in [5, 5.41) is 6.89. The van der Waals surface area contributed by atoms with E-state index in [0.29, 0.717) is 12.0 Å². The van der Waals surface area contributed by atoms with Crippen LogP contribution < -0.4 is 10.6 Å². The number of nitrogens with one attached hydrogen (secondary N) is 2. The first-order valence-corrected chi connectivity index (χ1v) is 8.96. The molecule has 2 saturated heterocycles. The summed E-state index contributed by atoms with van der Waals surface area (Å²) in [6, 6.07) is 0.505. The summed E-state index contributed by atoms with van der Waals surface area (Å²) < 4.78 is 10.8. The van der Waals surface area contributed by atoms with Crippen LogP contribution in [0, 0.1) is 11.3 Å². The lowest BCUT2D eigenvalue weighted by atomic mass is 9.89. The Bertz CT molecular complexity index is 377. The molecule has 0 spiro atoms. The first-order chi connectivity index (χ1) is 11.0. The van der Waals surface area contributed by atoms with Crippen LogP contribution in [0.25, 0.3) is 0 Å². The zero-order valence-corrected chi connectivity index (χ0v) is 15.2. The van der Waals surface area contributed by atoms with Crippen LogP contribution in [0.2, 0.25) is 0 Å². The fourth-order valence-corrected chi connectivity index (χ4v) is 3.05. The number of rotatable bonds is 7. The Labute approximate surface area is 141 Å². The monoisotopic (exact) mass is 326 g/mol. The van der Waals surface area contributed by atoms with E-state index in [-0.39, 0.29) is 5.41 Å². The highest BCUT2D eigenvalue weighted by Gasteiger charge is 2.33. The Morgan fingerprint density at radius 3 is 2.39 bits per heavy atom. The number of hydrogen-bond donors (Lipinski definition) is 2. The van der Waals surface area contributed by atoms with Crippen LogP contribution in [-0.2, 0) is 9.47 Å². The van der Waals surface area contributed by atoms with E-state index in [2.05, 4.69) is 43.2 Å². The number of guanidine groups is 1. The zero-order valence-electron chi connectivity index (χ0n) is 15.2. The quantitative estimate of drug-likeness (QED) is 0.538. The van der Waals surface area contributed by atoms with Gasteiger partial charge in [0.2, 0.25) is 0 Å². The van der Waals surface area contributed by atoms with Crippen molar-refractivity contribution in [2.75, 3.05) is 59.2 Å². The van der Waals surface area contributed by atoms with Crippen molar-refractivity contribution in [3.05, 3.63) is 0 Å². The number of aliphatic imine (C=N–C) groups is 1. The average molecular weight is 326 g/mol. The van der Waals surface area contributed by atoms with E-state index in [1.807, 2.05) is 0 Å². The van der Waals surface area contributed by atoms with E-state index in [4.69, 9.17) is 14.5 Å². The highest BCUT2D eigenvalue weighted by Crippen LogP contribution is 2.26. The van der Waals surface area contributed by atoms with Crippen LogP contribution in [0.15, 0.2) is 4.99 Å². The second-order valence-corrected chi connectivity index (χ2v) is 7.34. The molecule has 2 rings (SSSR count). The normalized spacial score (nSPS) is 23.4. The molecule has 2 aliphatic heterocycles. The van der Waals surface area contributed by atoms with Crippen molar-refractivity contribution >= 4 is 5.96 Å². The summed E-state index contributed by atoms with van der Waals surface area (Å²) in [5.74, 6) is 1.51. The third-order valence-corrected chi connectivity index (χ3v) is 4.63. The van der Waals surface area contributed by atoms with E-state index >= 15 is 0 Å². The molecule has 2 aliphatic rings. The third kappa shape index (κ3) is 5.62. The Hall–Kier alpha value is -0.850. The van der Waals surface area contributed by atoms with E-state index in [1.165, 1.54) is 0 Å². The molecule has 0 aromatic carbocycles. The lowest BCUT2D eigenvalue weighted by molar-refractivity contribution is -0.0945. The van der Waals surface area contributed by atoms with Crippen molar-refractivity contribution in [1.82, 2.24) is 15.5 Å². The van der Waals surface area contributed by atoms with Gasteiger partial charge in [-0.25, -0.2) is 0 Å². The molecule has 0 aromatic rings. The van der Waals surface area contributed by atoms with Crippen LogP contribution >= 0.6 is 0 Å². The maximum Gasteiger partial charge on any atom is 0.191 e. The van der Waals surface area contributed by atoms with Crippen molar-refractivity contribution in [3.8, 4) is 0 Å². The van der Waals surface area contributed by atoms with Gasteiger partial charge in [-0.15, -0.1) is 0 Å². The number of morpholine rings is 1. The van der Waals surface area contributed by atoms with Crippen LogP contribution in [0.1, 0.15) is 27.7 Å². The minimum absolute atomic E-state index is 0.212. The molecule has 1 unspecified atom stereocenters. The molecule has 6 heteroatoms. The van der Waals surface area contributed by atoms with Gasteiger partial charge in [-0.2, -0.15) is 0 Å². The molecule has 0 saturated carbocycles. The van der Waals surface area contributed by atoms with Gasteiger partial charge in [-0.1, -0.05) is 20.8 Å². The molecule has 134 valence electrons. The largest absolute Gasteiger partial charge is 0.380 e. The van der Waals surface area contributed by atoms with Crippen LogP contribution in [0.4, 0.5) is 0 Å². The molecule has 2 heterocycles. The van der Waals surface area contributed by atoms with Gasteiger partial charge < -0.3 is 20.1 Å². The first kappa shape index (κ1) is 18.5. The molecule has 23 heavy (non-hydrogen) atoms.